The van der Waals surface area contributed by atoms with Crippen molar-refractivity contribution in [3.05, 3.63) is 0 Å². The summed E-state index contributed by atoms with van der Waals surface area (Å²) in [6, 6.07) is 0. The first kappa shape index (κ1) is 10.4. The second-order valence-electron chi connectivity index (χ2n) is 5.34. The molecular formula is C12H24N2. The van der Waals surface area contributed by atoms with Gasteiger partial charge in [-0.05, 0) is 64.6 Å². The van der Waals surface area contributed by atoms with E-state index >= 15 is 0 Å². The predicted molar refractivity (Wildman–Crippen MR) is 60.5 cm³/mol. The highest BCUT2D eigenvalue weighted by Crippen LogP contribution is 2.29. The molecule has 0 aromatic rings. The molecule has 0 aliphatic carbocycles. The SMILES string of the molecule is CC1(CC2CCNCC2)CCCCN1. The van der Waals surface area contributed by atoms with Crippen LogP contribution in [0.3, 0.4) is 0 Å². The zero-order valence-corrected chi connectivity index (χ0v) is 9.44. The van der Waals surface area contributed by atoms with Gasteiger partial charge in [-0.25, -0.2) is 0 Å². The normalized spacial score (nSPS) is 35.8. The van der Waals surface area contributed by atoms with Crippen molar-refractivity contribution in [2.45, 2.75) is 51.0 Å². The summed E-state index contributed by atoms with van der Waals surface area (Å²) in [5, 5.41) is 7.17. The average molecular weight is 196 g/mol. The molecule has 0 radical (unpaired) electrons. The molecule has 2 N–H and O–H groups in total. The first-order chi connectivity index (χ1) is 6.79. The van der Waals surface area contributed by atoms with Crippen LogP contribution in [0.25, 0.3) is 0 Å². The Balaban J connectivity index is 1.81. The highest BCUT2D eigenvalue weighted by Gasteiger charge is 2.29. The van der Waals surface area contributed by atoms with E-state index < -0.39 is 0 Å². The molecule has 2 saturated heterocycles. The Morgan fingerprint density at radius 2 is 1.93 bits per heavy atom. The van der Waals surface area contributed by atoms with Crippen molar-refractivity contribution >= 4 is 0 Å². The van der Waals surface area contributed by atoms with Gasteiger partial charge in [0.15, 0.2) is 0 Å². The zero-order chi connectivity index (χ0) is 9.86. The van der Waals surface area contributed by atoms with Gasteiger partial charge in [-0.2, -0.15) is 0 Å². The fourth-order valence-electron chi connectivity index (χ4n) is 3.02. The molecule has 2 nitrogen and oxygen atoms in total. The van der Waals surface area contributed by atoms with E-state index in [1.165, 1.54) is 58.2 Å². The summed E-state index contributed by atoms with van der Waals surface area (Å²) < 4.78 is 0. The summed E-state index contributed by atoms with van der Waals surface area (Å²) in [5.74, 6) is 0.965. The summed E-state index contributed by atoms with van der Waals surface area (Å²) in [4.78, 5) is 0. The van der Waals surface area contributed by atoms with Crippen molar-refractivity contribution in [1.29, 1.82) is 0 Å². The summed E-state index contributed by atoms with van der Waals surface area (Å²) >= 11 is 0. The van der Waals surface area contributed by atoms with Crippen LogP contribution in [-0.2, 0) is 0 Å². The third-order valence-corrected chi connectivity index (χ3v) is 3.91. The lowest BCUT2D eigenvalue weighted by Crippen LogP contribution is -2.48. The van der Waals surface area contributed by atoms with E-state index in [4.69, 9.17) is 0 Å². The minimum atomic E-state index is 0.459. The Kier molecular flexibility index (Phi) is 3.45. The average Bonchev–Trinajstić information content (AvgIpc) is 2.19. The third-order valence-electron chi connectivity index (χ3n) is 3.91. The van der Waals surface area contributed by atoms with Crippen molar-refractivity contribution in [3.63, 3.8) is 0 Å². The highest BCUT2D eigenvalue weighted by atomic mass is 15.0. The smallest absolute Gasteiger partial charge is 0.0156 e. The second-order valence-corrected chi connectivity index (χ2v) is 5.34. The largest absolute Gasteiger partial charge is 0.317 e. The van der Waals surface area contributed by atoms with Gasteiger partial charge < -0.3 is 10.6 Å². The summed E-state index contributed by atoms with van der Waals surface area (Å²) in [5.41, 5.74) is 0.459. The number of nitrogens with one attached hydrogen (secondary N) is 2. The lowest BCUT2D eigenvalue weighted by Gasteiger charge is -2.39. The molecule has 2 rings (SSSR count). The summed E-state index contributed by atoms with van der Waals surface area (Å²) in [7, 11) is 0. The standard InChI is InChI=1S/C12H24N2/c1-12(6-2-3-7-14-12)10-11-4-8-13-9-5-11/h11,13-14H,2-10H2,1H3. The molecule has 0 amide bonds. The number of piperidine rings is 2. The van der Waals surface area contributed by atoms with Gasteiger partial charge in [-0.15, -0.1) is 0 Å². The summed E-state index contributed by atoms with van der Waals surface area (Å²) in [6.45, 7) is 6.14. The van der Waals surface area contributed by atoms with Crippen molar-refractivity contribution in [3.8, 4) is 0 Å². The fourth-order valence-corrected chi connectivity index (χ4v) is 3.02. The highest BCUT2D eigenvalue weighted by molar-refractivity contribution is 4.89. The van der Waals surface area contributed by atoms with E-state index in [9.17, 15) is 0 Å². The molecule has 14 heavy (non-hydrogen) atoms. The molecule has 2 aliphatic rings. The van der Waals surface area contributed by atoms with Crippen molar-refractivity contribution in [1.82, 2.24) is 10.6 Å². The Morgan fingerprint density at radius 1 is 1.14 bits per heavy atom. The first-order valence-electron chi connectivity index (χ1n) is 6.24. The lowest BCUT2D eigenvalue weighted by atomic mass is 9.79. The molecule has 82 valence electrons. The Morgan fingerprint density at radius 3 is 2.57 bits per heavy atom. The van der Waals surface area contributed by atoms with Crippen LogP contribution in [0.5, 0.6) is 0 Å². The Hall–Kier alpha value is -0.0800. The summed E-state index contributed by atoms with van der Waals surface area (Å²) in [6.07, 6.45) is 8.36. The molecule has 0 saturated carbocycles. The second kappa shape index (κ2) is 4.63. The van der Waals surface area contributed by atoms with Gasteiger partial charge in [-0.1, -0.05) is 6.42 Å². The molecule has 1 atom stereocenters. The molecule has 2 aliphatic heterocycles. The first-order valence-corrected chi connectivity index (χ1v) is 6.24. The van der Waals surface area contributed by atoms with Gasteiger partial charge in [0, 0.05) is 5.54 Å². The molecular weight excluding hydrogens is 172 g/mol. The van der Waals surface area contributed by atoms with Gasteiger partial charge in [0.2, 0.25) is 0 Å². The molecule has 1 unspecified atom stereocenters. The maximum atomic E-state index is 3.72. The maximum Gasteiger partial charge on any atom is 0.0156 e. The number of hydrogen-bond donors (Lipinski definition) is 2. The van der Waals surface area contributed by atoms with E-state index in [0.29, 0.717) is 5.54 Å². The molecule has 0 bridgehead atoms. The Bertz CT molecular complexity index is 167. The van der Waals surface area contributed by atoms with Crippen LogP contribution in [0.4, 0.5) is 0 Å². The van der Waals surface area contributed by atoms with Crippen LogP contribution >= 0.6 is 0 Å². The molecule has 2 heterocycles. The van der Waals surface area contributed by atoms with Crippen LogP contribution in [-0.4, -0.2) is 25.2 Å². The molecule has 0 aromatic heterocycles. The van der Waals surface area contributed by atoms with E-state index in [2.05, 4.69) is 17.6 Å². The molecule has 0 spiro atoms. The van der Waals surface area contributed by atoms with Gasteiger partial charge in [0.1, 0.15) is 0 Å². The quantitative estimate of drug-likeness (QED) is 0.705. The van der Waals surface area contributed by atoms with Crippen molar-refractivity contribution in [2.24, 2.45) is 5.92 Å². The predicted octanol–water partition coefficient (Wildman–Crippen LogP) is 1.91. The third kappa shape index (κ3) is 2.71. The monoisotopic (exact) mass is 196 g/mol. The molecule has 2 fully saturated rings. The van der Waals surface area contributed by atoms with Gasteiger partial charge in [0.05, 0.1) is 0 Å². The van der Waals surface area contributed by atoms with Gasteiger partial charge in [0.25, 0.3) is 0 Å². The van der Waals surface area contributed by atoms with Crippen LogP contribution in [0.2, 0.25) is 0 Å². The van der Waals surface area contributed by atoms with Crippen molar-refractivity contribution in [2.75, 3.05) is 19.6 Å². The van der Waals surface area contributed by atoms with E-state index in [-0.39, 0.29) is 0 Å². The van der Waals surface area contributed by atoms with Crippen LogP contribution < -0.4 is 10.6 Å². The van der Waals surface area contributed by atoms with Crippen LogP contribution in [0.15, 0.2) is 0 Å². The van der Waals surface area contributed by atoms with E-state index in [0.717, 1.165) is 5.92 Å². The van der Waals surface area contributed by atoms with Crippen molar-refractivity contribution < 1.29 is 0 Å². The minimum absolute atomic E-state index is 0.459. The van der Waals surface area contributed by atoms with Gasteiger partial charge in [-0.3, -0.25) is 0 Å². The minimum Gasteiger partial charge on any atom is -0.317 e. The topological polar surface area (TPSA) is 24.1 Å². The zero-order valence-electron chi connectivity index (χ0n) is 9.44. The molecule has 2 heteroatoms. The molecule has 0 aromatic carbocycles. The van der Waals surface area contributed by atoms with Crippen LogP contribution in [0, 0.1) is 5.92 Å². The van der Waals surface area contributed by atoms with E-state index in [1.54, 1.807) is 0 Å². The van der Waals surface area contributed by atoms with E-state index in [1.807, 2.05) is 0 Å². The van der Waals surface area contributed by atoms with Crippen LogP contribution in [0.1, 0.15) is 45.4 Å². The number of rotatable bonds is 2. The fraction of sp³-hybridized carbons (Fsp3) is 1.00. The maximum absolute atomic E-state index is 3.72. The van der Waals surface area contributed by atoms with Gasteiger partial charge >= 0.3 is 0 Å². The Labute approximate surface area is 87.8 Å². The number of hydrogen-bond acceptors (Lipinski definition) is 2. The lowest BCUT2D eigenvalue weighted by molar-refractivity contribution is 0.200.